The van der Waals surface area contributed by atoms with Crippen molar-refractivity contribution < 1.29 is 23.7 Å². The smallest absolute Gasteiger partial charge is 0.304 e. The Hall–Kier alpha value is -2.53. The van der Waals surface area contributed by atoms with Crippen LogP contribution in [0.1, 0.15) is 24.5 Å². The first kappa shape index (κ1) is 18.3. The molecule has 0 spiro atoms. The minimum absolute atomic E-state index is 0.257. The summed E-state index contributed by atoms with van der Waals surface area (Å²) in [4.78, 5) is 11.2. The highest BCUT2D eigenvalue weighted by Crippen LogP contribution is 2.27. The number of carbonyl (C=O) groups excluding carboxylic acids is 1. The second-order valence-electron chi connectivity index (χ2n) is 6.54. The summed E-state index contributed by atoms with van der Waals surface area (Å²) >= 11 is 0. The average molecular weight is 356 g/mol. The Morgan fingerprint density at radius 1 is 1.00 bits per heavy atom. The van der Waals surface area contributed by atoms with Gasteiger partial charge < -0.3 is 18.9 Å². The Bertz CT molecular complexity index is 723. The van der Waals surface area contributed by atoms with Crippen LogP contribution in [0.3, 0.4) is 0 Å². The van der Waals surface area contributed by atoms with Gasteiger partial charge in [0.1, 0.15) is 30.3 Å². The van der Waals surface area contributed by atoms with Crippen LogP contribution >= 0.6 is 0 Å². The van der Waals surface area contributed by atoms with Crippen LogP contribution in [0, 0.1) is 13.8 Å². The summed E-state index contributed by atoms with van der Waals surface area (Å²) in [5, 5.41) is 0. The summed E-state index contributed by atoms with van der Waals surface area (Å²) in [6, 6.07) is 15.7. The lowest BCUT2D eigenvalue weighted by atomic mass is 10.2. The van der Waals surface area contributed by atoms with Crippen LogP contribution in [-0.4, -0.2) is 31.1 Å². The van der Waals surface area contributed by atoms with Crippen molar-refractivity contribution in [3.8, 4) is 11.5 Å². The Morgan fingerprint density at radius 3 is 2.15 bits per heavy atom. The number of aryl methyl sites for hydroxylation is 2. The van der Waals surface area contributed by atoms with E-state index in [1.165, 1.54) is 12.5 Å². The highest BCUT2D eigenvalue weighted by atomic mass is 16.7. The molecule has 3 rings (SSSR count). The van der Waals surface area contributed by atoms with Gasteiger partial charge in [0.05, 0.1) is 0 Å². The number of hydrogen-bond acceptors (Lipinski definition) is 5. The minimum atomic E-state index is -0.616. The Balaban J connectivity index is 1.65. The fourth-order valence-electron chi connectivity index (χ4n) is 2.82. The monoisotopic (exact) mass is 356 g/mol. The third-order valence-electron chi connectivity index (χ3n) is 4.21. The fraction of sp³-hybridized carbons (Fsp3) is 0.381. The first-order valence-corrected chi connectivity index (χ1v) is 8.75. The molecule has 0 amide bonds. The molecule has 1 unspecified atom stereocenters. The molecular weight excluding hydrogens is 332 g/mol. The number of carbonyl (C=O) groups is 1. The van der Waals surface area contributed by atoms with Gasteiger partial charge in [-0.2, -0.15) is 0 Å². The summed E-state index contributed by atoms with van der Waals surface area (Å²) in [7, 11) is 0. The van der Waals surface area contributed by atoms with Crippen LogP contribution < -0.4 is 9.47 Å². The van der Waals surface area contributed by atoms with Crippen molar-refractivity contribution in [3.63, 3.8) is 0 Å². The van der Waals surface area contributed by atoms with Crippen molar-refractivity contribution >= 4 is 5.97 Å². The third-order valence-corrected chi connectivity index (χ3v) is 4.21. The fourth-order valence-corrected chi connectivity index (χ4v) is 2.82. The van der Waals surface area contributed by atoms with Crippen molar-refractivity contribution in [2.45, 2.75) is 45.7 Å². The Morgan fingerprint density at radius 2 is 1.58 bits per heavy atom. The van der Waals surface area contributed by atoms with E-state index in [9.17, 15) is 4.79 Å². The maximum atomic E-state index is 11.2. The standard InChI is InChI=1S/C21H24O5/c1-14-4-8-17(9-5-14)23-13-20-19(12-21(26-20)24-16(3)22)25-18-10-6-15(2)7-11-18/h4-11,19-21H,12-13H2,1-3H3/t19-,20+,21?/m0/s1. The maximum Gasteiger partial charge on any atom is 0.304 e. The zero-order valence-corrected chi connectivity index (χ0v) is 15.3. The number of rotatable bonds is 6. The molecule has 0 aliphatic carbocycles. The maximum absolute atomic E-state index is 11.2. The van der Waals surface area contributed by atoms with Crippen LogP contribution in [0.25, 0.3) is 0 Å². The number of ether oxygens (including phenoxy) is 4. The van der Waals surface area contributed by atoms with Gasteiger partial charge in [-0.05, 0) is 38.1 Å². The minimum Gasteiger partial charge on any atom is -0.491 e. The molecule has 1 heterocycles. The topological polar surface area (TPSA) is 54.0 Å². The van der Waals surface area contributed by atoms with Gasteiger partial charge in [0.25, 0.3) is 0 Å². The summed E-state index contributed by atoms with van der Waals surface area (Å²) in [6.07, 6.45) is -0.737. The SMILES string of the molecule is CC(=O)OC1C[C@H](Oc2ccc(C)cc2)[C@@H](COc2ccc(C)cc2)O1. The normalized spacial score (nSPS) is 22.0. The molecule has 2 aromatic carbocycles. The van der Waals surface area contributed by atoms with Gasteiger partial charge in [-0.1, -0.05) is 35.4 Å². The van der Waals surface area contributed by atoms with Crippen molar-refractivity contribution in [1.29, 1.82) is 0 Å². The Labute approximate surface area is 153 Å². The van der Waals surface area contributed by atoms with Crippen molar-refractivity contribution in [3.05, 3.63) is 59.7 Å². The number of hydrogen-bond donors (Lipinski definition) is 0. The molecular formula is C21H24O5. The molecule has 1 fully saturated rings. The number of esters is 1. The van der Waals surface area contributed by atoms with E-state index in [1.54, 1.807) is 0 Å². The van der Waals surface area contributed by atoms with Gasteiger partial charge in [-0.15, -0.1) is 0 Å². The van der Waals surface area contributed by atoms with E-state index in [2.05, 4.69) is 0 Å². The lowest BCUT2D eigenvalue weighted by Crippen LogP contribution is -2.32. The molecule has 5 heteroatoms. The van der Waals surface area contributed by atoms with Crippen LogP contribution in [0.4, 0.5) is 0 Å². The number of benzene rings is 2. The van der Waals surface area contributed by atoms with E-state index in [0.717, 1.165) is 17.1 Å². The molecule has 138 valence electrons. The molecule has 0 aromatic heterocycles. The van der Waals surface area contributed by atoms with Gasteiger partial charge in [-0.25, -0.2) is 0 Å². The van der Waals surface area contributed by atoms with Crippen LogP contribution in [-0.2, 0) is 14.3 Å². The highest BCUT2D eigenvalue weighted by Gasteiger charge is 2.39. The van der Waals surface area contributed by atoms with E-state index in [1.807, 2.05) is 62.4 Å². The van der Waals surface area contributed by atoms with Gasteiger partial charge in [-0.3, -0.25) is 4.79 Å². The van der Waals surface area contributed by atoms with E-state index in [4.69, 9.17) is 18.9 Å². The van der Waals surface area contributed by atoms with Gasteiger partial charge in [0.15, 0.2) is 0 Å². The van der Waals surface area contributed by atoms with Gasteiger partial charge in [0.2, 0.25) is 6.29 Å². The molecule has 5 nitrogen and oxygen atoms in total. The van der Waals surface area contributed by atoms with Crippen LogP contribution in [0.5, 0.6) is 11.5 Å². The predicted octanol–water partition coefficient (Wildman–Crippen LogP) is 3.81. The molecule has 26 heavy (non-hydrogen) atoms. The summed E-state index contributed by atoms with van der Waals surface area (Å²) in [6.45, 7) is 5.74. The molecule has 2 aromatic rings. The Kier molecular flexibility index (Phi) is 5.78. The van der Waals surface area contributed by atoms with Crippen molar-refractivity contribution in [1.82, 2.24) is 0 Å². The quantitative estimate of drug-likeness (QED) is 0.737. The summed E-state index contributed by atoms with van der Waals surface area (Å²) in [5.41, 5.74) is 2.34. The zero-order chi connectivity index (χ0) is 18.5. The van der Waals surface area contributed by atoms with E-state index in [0.29, 0.717) is 13.0 Å². The van der Waals surface area contributed by atoms with E-state index >= 15 is 0 Å². The summed E-state index contributed by atoms with van der Waals surface area (Å²) < 4.78 is 22.9. The average Bonchev–Trinajstić information content (AvgIpc) is 2.97. The molecule has 3 atom stereocenters. The molecule has 0 saturated carbocycles. The van der Waals surface area contributed by atoms with Gasteiger partial charge >= 0.3 is 5.97 Å². The van der Waals surface area contributed by atoms with Crippen molar-refractivity contribution in [2.24, 2.45) is 0 Å². The molecule has 0 bridgehead atoms. The third kappa shape index (κ3) is 4.99. The van der Waals surface area contributed by atoms with Crippen molar-refractivity contribution in [2.75, 3.05) is 6.61 Å². The highest BCUT2D eigenvalue weighted by molar-refractivity contribution is 5.66. The largest absolute Gasteiger partial charge is 0.491 e. The lowest BCUT2D eigenvalue weighted by Gasteiger charge is -2.20. The second-order valence-corrected chi connectivity index (χ2v) is 6.54. The molecule has 1 saturated heterocycles. The van der Waals surface area contributed by atoms with Gasteiger partial charge in [0, 0.05) is 13.3 Å². The first-order valence-electron chi connectivity index (χ1n) is 8.75. The second kappa shape index (κ2) is 8.23. The first-order chi connectivity index (χ1) is 12.5. The van der Waals surface area contributed by atoms with Crippen LogP contribution in [0.2, 0.25) is 0 Å². The molecule has 0 radical (unpaired) electrons. The van der Waals surface area contributed by atoms with E-state index in [-0.39, 0.29) is 18.2 Å². The van der Waals surface area contributed by atoms with E-state index < -0.39 is 6.29 Å². The predicted molar refractivity (Wildman–Crippen MR) is 97.3 cm³/mol. The zero-order valence-electron chi connectivity index (χ0n) is 15.3. The molecule has 0 N–H and O–H groups in total. The van der Waals surface area contributed by atoms with Crippen LogP contribution in [0.15, 0.2) is 48.5 Å². The lowest BCUT2D eigenvalue weighted by molar-refractivity contribution is -0.174. The summed E-state index contributed by atoms with van der Waals surface area (Å²) in [5.74, 6) is 1.15. The molecule has 1 aliphatic heterocycles. The molecule has 1 aliphatic rings.